The number of aryl methyl sites for hydroxylation is 1. The van der Waals surface area contributed by atoms with Crippen LogP contribution in [-0.4, -0.2) is 33.4 Å². The summed E-state index contributed by atoms with van der Waals surface area (Å²) in [5.74, 6) is 1.61. The van der Waals surface area contributed by atoms with Crippen molar-refractivity contribution in [2.75, 3.05) is 13.1 Å². The summed E-state index contributed by atoms with van der Waals surface area (Å²) in [6, 6.07) is 5.35. The highest BCUT2D eigenvalue weighted by atomic mass is 16.2. The number of nitrogens with zero attached hydrogens (tertiary/aromatic N) is 3. The number of aromatic nitrogens is 2. The molecule has 24 heavy (non-hydrogen) atoms. The molecule has 0 spiro atoms. The maximum absolute atomic E-state index is 12.7. The Morgan fingerprint density at radius 1 is 1.17 bits per heavy atom. The molecule has 0 aliphatic carbocycles. The molecule has 0 bridgehead atoms. The summed E-state index contributed by atoms with van der Waals surface area (Å²) in [6.45, 7) is 4.62. The van der Waals surface area contributed by atoms with Gasteiger partial charge in [0.15, 0.2) is 0 Å². The molecule has 1 fully saturated rings. The summed E-state index contributed by atoms with van der Waals surface area (Å²) in [4.78, 5) is 32.0. The van der Waals surface area contributed by atoms with Crippen molar-refractivity contribution in [3.8, 4) is 0 Å². The number of hydrogen-bond donors (Lipinski definition) is 0. The van der Waals surface area contributed by atoms with E-state index in [1.807, 2.05) is 4.90 Å². The third-order valence-electron chi connectivity index (χ3n) is 5.38. The molecule has 2 aromatic rings. The van der Waals surface area contributed by atoms with Crippen molar-refractivity contribution in [2.45, 2.75) is 45.6 Å². The van der Waals surface area contributed by atoms with Gasteiger partial charge < -0.3 is 4.90 Å². The van der Waals surface area contributed by atoms with Crippen molar-refractivity contribution in [3.05, 3.63) is 39.9 Å². The normalized spacial score (nSPS) is 18.6. The van der Waals surface area contributed by atoms with E-state index in [0.717, 1.165) is 57.6 Å². The van der Waals surface area contributed by atoms with Gasteiger partial charge in [-0.3, -0.25) is 14.2 Å². The molecule has 2 aliphatic heterocycles. The number of amides is 1. The molecule has 1 amide bonds. The van der Waals surface area contributed by atoms with Crippen LogP contribution in [0.1, 0.15) is 48.8 Å². The zero-order chi connectivity index (χ0) is 16.7. The maximum atomic E-state index is 12.7. The highest BCUT2D eigenvalue weighted by molar-refractivity contribution is 5.97. The van der Waals surface area contributed by atoms with E-state index in [1.165, 1.54) is 0 Å². The first-order chi connectivity index (χ1) is 11.6. The minimum atomic E-state index is 0.0282. The second kappa shape index (κ2) is 6.04. The molecule has 4 rings (SSSR count). The zero-order valence-electron chi connectivity index (χ0n) is 14.1. The van der Waals surface area contributed by atoms with Gasteiger partial charge in [0.25, 0.3) is 11.5 Å². The van der Waals surface area contributed by atoms with E-state index < -0.39 is 0 Å². The molecule has 3 heterocycles. The fourth-order valence-electron chi connectivity index (χ4n) is 3.77. The predicted octanol–water partition coefficient (Wildman–Crippen LogP) is 2.60. The monoisotopic (exact) mass is 325 g/mol. The van der Waals surface area contributed by atoms with Crippen LogP contribution in [0.4, 0.5) is 0 Å². The highest BCUT2D eigenvalue weighted by Crippen LogP contribution is 2.20. The maximum Gasteiger partial charge on any atom is 0.261 e. The lowest BCUT2D eigenvalue weighted by atomic mass is 9.98. The molecular formula is C19H23N3O2. The first-order valence-electron chi connectivity index (χ1n) is 8.96. The Kier molecular flexibility index (Phi) is 3.87. The Bertz CT molecular complexity index is 848. The van der Waals surface area contributed by atoms with E-state index in [9.17, 15) is 9.59 Å². The van der Waals surface area contributed by atoms with Crippen LogP contribution >= 0.6 is 0 Å². The molecule has 5 heteroatoms. The second-order valence-corrected chi connectivity index (χ2v) is 7.15. The minimum absolute atomic E-state index is 0.0282. The Hall–Kier alpha value is -2.17. The average Bonchev–Trinajstić information content (AvgIpc) is 2.61. The topological polar surface area (TPSA) is 55.2 Å². The van der Waals surface area contributed by atoms with Gasteiger partial charge in [-0.1, -0.05) is 6.92 Å². The molecule has 0 atom stereocenters. The van der Waals surface area contributed by atoms with Gasteiger partial charge in [0, 0.05) is 31.6 Å². The molecule has 1 aromatic heterocycles. The van der Waals surface area contributed by atoms with E-state index >= 15 is 0 Å². The van der Waals surface area contributed by atoms with Crippen LogP contribution in [0.3, 0.4) is 0 Å². The third-order valence-corrected chi connectivity index (χ3v) is 5.38. The van der Waals surface area contributed by atoms with Gasteiger partial charge in [-0.15, -0.1) is 0 Å². The van der Waals surface area contributed by atoms with Gasteiger partial charge in [-0.2, -0.15) is 0 Å². The second-order valence-electron chi connectivity index (χ2n) is 7.15. The lowest BCUT2D eigenvalue weighted by molar-refractivity contribution is 0.0697. The average molecular weight is 325 g/mol. The summed E-state index contributed by atoms with van der Waals surface area (Å²) in [5.41, 5.74) is 1.33. The predicted molar refractivity (Wildman–Crippen MR) is 93.2 cm³/mol. The van der Waals surface area contributed by atoms with Crippen LogP contribution in [0.2, 0.25) is 0 Å². The quantitative estimate of drug-likeness (QED) is 0.810. The minimum Gasteiger partial charge on any atom is -0.339 e. The van der Waals surface area contributed by atoms with Crippen LogP contribution in [0.15, 0.2) is 23.0 Å². The number of benzene rings is 1. The number of likely N-dealkylation sites (tertiary alicyclic amines) is 1. The molecule has 0 radical (unpaired) electrons. The molecular weight excluding hydrogens is 302 g/mol. The molecule has 0 N–H and O–H groups in total. The Labute approximate surface area is 141 Å². The van der Waals surface area contributed by atoms with Crippen molar-refractivity contribution < 1.29 is 4.79 Å². The van der Waals surface area contributed by atoms with Gasteiger partial charge in [0.1, 0.15) is 5.82 Å². The van der Waals surface area contributed by atoms with Crippen LogP contribution < -0.4 is 5.56 Å². The fourth-order valence-corrected chi connectivity index (χ4v) is 3.77. The van der Waals surface area contributed by atoms with Gasteiger partial charge in [-0.05, 0) is 49.8 Å². The molecule has 126 valence electrons. The molecule has 1 saturated heterocycles. The van der Waals surface area contributed by atoms with E-state index in [4.69, 9.17) is 0 Å². The van der Waals surface area contributed by atoms with Gasteiger partial charge in [0.05, 0.1) is 10.9 Å². The SMILES string of the molecule is CC1CCN(C(=O)c2ccc3c(=O)n4c(nc3c2)CCCC4)CC1. The van der Waals surface area contributed by atoms with E-state index in [2.05, 4.69) is 11.9 Å². The number of carbonyl (C=O) groups is 1. The molecule has 5 nitrogen and oxygen atoms in total. The van der Waals surface area contributed by atoms with Gasteiger partial charge in [0.2, 0.25) is 0 Å². The number of fused-ring (bicyclic) bond motifs is 2. The number of rotatable bonds is 1. The standard InChI is InChI=1S/C19H23N3O2/c1-13-7-10-21(11-8-13)18(23)14-5-6-15-16(12-14)20-17-4-2-3-9-22(17)19(15)24/h5-6,12-13H,2-4,7-11H2,1H3. The Balaban J connectivity index is 1.70. The highest BCUT2D eigenvalue weighted by Gasteiger charge is 2.22. The van der Waals surface area contributed by atoms with Crippen LogP contribution in [-0.2, 0) is 13.0 Å². The van der Waals surface area contributed by atoms with Crippen LogP contribution in [0.5, 0.6) is 0 Å². The third kappa shape index (κ3) is 2.62. The molecule has 1 aromatic carbocycles. The van der Waals surface area contributed by atoms with Gasteiger partial charge in [-0.25, -0.2) is 4.98 Å². The number of hydrogen-bond acceptors (Lipinski definition) is 3. The van der Waals surface area contributed by atoms with Gasteiger partial charge >= 0.3 is 0 Å². The fraction of sp³-hybridized carbons (Fsp3) is 0.526. The van der Waals surface area contributed by atoms with Crippen molar-refractivity contribution >= 4 is 16.8 Å². The summed E-state index contributed by atoms with van der Waals surface area (Å²) in [7, 11) is 0. The molecule has 2 aliphatic rings. The number of carbonyl (C=O) groups excluding carboxylic acids is 1. The van der Waals surface area contributed by atoms with Crippen LogP contribution in [0.25, 0.3) is 10.9 Å². The Morgan fingerprint density at radius 3 is 2.75 bits per heavy atom. The summed E-state index contributed by atoms with van der Waals surface area (Å²) in [6.07, 6.45) is 5.07. The summed E-state index contributed by atoms with van der Waals surface area (Å²) >= 11 is 0. The van der Waals surface area contributed by atoms with Crippen molar-refractivity contribution in [1.82, 2.24) is 14.5 Å². The smallest absolute Gasteiger partial charge is 0.261 e. The first-order valence-corrected chi connectivity index (χ1v) is 8.96. The van der Waals surface area contributed by atoms with Crippen molar-refractivity contribution in [1.29, 1.82) is 0 Å². The lowest BCUT2D eigenvalue weighted by Crippen LogP contribution is -2.38. The number of piperidine rings is 1. The lowest BCUT2D eigenvalue weighted by Gasteiger charge is -2.30. The van der Waals surface area contributed by atoms with Crippen molar-refractivity contribution in [2.24, 2.45) is 5.92 Å². The summed E-state index contributed by atoms with van der Waals surface area (Å²) < 4.78 is 1.79. The van der Waals surface area contributed by atoms with E-state index in [0.29, 0.717) is 22.4 Å². The van der Waals surface area contributed by atoms with Crippen molar-refractivity contribution in [3.63, 3.8) is 0 Å². The summed E-state index contributed by atoms with van der Waals surface area (Å²) in [5, 5.41) is 0.615. The molecule has 0 unspecified atom stereocenters. The van der Waals surface area contributed by atoms with E-state index in [-0.39, 0.29) is 11.5 Å². The molecule has 0 saturated carbocycles. The zero-order valence-corrected chi connectivity index (χ0v) is 14.1. The Morgan fingerprint density at radius 2 is 1.96 bits per heavy atom. The largest absolute Gasteiger partial charge is 0.339 e. The van der Waals surface area contributed by atoms with E-state index in [1.54, 1.807) is 22.8 Å². The first kappa shape index (κ1) is 15.4. The van der Waals surface area contributed by atoms with Crippen LogP contribution in [0, 0.1) is 5.92 Å².